The summed E-state index contributed by atoms with van der Waals surface area (Å²) in [6, 6.07) is 9.28. The molecule has 0 unspecified atom stereocenters. The monoisotopic (exact) mass is 285 g/mol. The number of nitrogens with one attached hydrogen (secondary N) is 1. The molecule has 1 aromatic heterocycles. The van der Waals surface area contributed by atoms with Gasteiger partial charge in [-0.2, -0.15) is 5.10 Å². The average molecular weight is 285 g/mol. The van der Waals surface area contributed by atoms with Crippen molar-refractivity contribution in [2.45, 2.75) is 19.9 Å². The summed E-state index contributed by atoms with van der Waals surface area (Å²) in [6.07, 6.45) is 5.58. The Kier molecular flexibility index (Phi) is 4.77. The summed E-state index contributed by atoms with van der Waals surface area (Å²) >= 11 is 0. The van der Waals surface area contributed by atoms with Crippen LogP contribution in [0.2, 0.25) is 0 Å². The van der Waals surface area contributed by atoms with Gasteiger partial charge in [-0.1, -0.05) is 6.07 Å². The molecular formula is C16H19N3O2. The van der Waals surface area contributed by atoms with Gasteiger partial charge < -0.3 is 9.30 Å². The third-order valence-electron chi connectivity index (χ3n) is 3.05. The van der Waals surface area contributed by atoms with Gasteiger partial charge in [0.25, 0.3) is 5.91 Å². The molecule has 0 saturated carbocycles. The number of carbonyl (C=O) groups is 1. The third kappa shape index (κ3) is 3.95. The molecule has 0 saturated heterocycles. The molecule has 1 amide bonds. The van der Waals surface area contributed by atoms with Gasteiger partial charge in [0, 0.05) is 29.6 Å². The minimum Gasteiger partial charge on any atom is -0.497 e. The van der Waals surface area contributed by atoms with E-state index in [0.29, 0.717) is 17.4 Å². The van der Waals surface area contributed by atoms with Gasteiger partial charge in [0.2, 0.25) is 0 Å². The van der Waals surface area contributed by atoms with Gasteiger partial charge in [-0.15, -0.1) is 0 Å². The van der Waals surface area contributed by atoms with E-state index in [0.717, 1.165) is 5.56 Å². The maximum absolute atomic E-state index is 11.9. The molecule has 2 aromatic rings. The van der Waals surface area contributed by atoms with Gasteiger partial charge in [-0.05, 0) is 38.1 Å². The number of hydrogen-bond donors (Lipinski definition) is 1. The van der Waals surface area contributed by atoms with E-state index < -0.39 is 0 Å². The molecular weight excluding hydrogens is 266 g/mol. The minimum absolute atomic E-state index is 0.270. The second kappa shape index (κ2) is 6.74. The van der Waals surface area contributed by atoms with Crippen LogP contribution in [0.15, 0.2) is 47.8 Å². The molecule has 0 aliphatic carbocycles. The fourth-order valence-corrected chi connectivity index (χ4v) is 1.82. The summed E-state index contributed by atoms with van der Waals surface area (Å²) < 4.78 is 7.16. The Hall–Kier alpha value is -2.56. The highest BCUT2D eigenvalue weighted by Gasteiger charge is 2.05. The number of rotatable bonds is 5. The van der Waals surface area contributed by atoms with Gasteiger partial charge in [-0.3, -0.25) is 4.79 Å². The molecule has 0 aliphatic heterocycles. The predicted molar refractivity (Wildman–Crippen MR) is 82.9 cm³/mol. The zero-order valence-corrected chi connectivity index (χ0v) is 12.4. The summed E-state index contributed by atoms with van der Waals surface area (Å²) in [5.74, 6) is 0.370. The van der Waals surface area contributed by atoms with Crippen LogP contribution in [0.1, 0.15) is 35.8 Å². The van der Waals surface area contributed by atoms with Gasteiger partial charge in [0.15, 0.2) is 0 Å². The number of methoxy groups -OCH3 is 1. The van der Waals surface area contributed by atoms with Crippen molar-refractivity contribution in [3.05, 3.63) is 53.9 Å². The van der Waals surface area contributed by atoms with Crippen LogP contribution < -0.4 is 10.2 Å². The first-order chi connectivity index (χ1) is 10.1. The normalized spacial score (nSPS) is 11.0. The molecule has 0 bridgehead atoms. The predicted octanol–water partition coefficient (Wildman–Crippen LogP) is 2.84. The van der Waals surface area contributed by atoms with E-state index in [2.05, 4.69) is 28.9 Å². The lowest BCUT2D eigenvalue weighted by molar-refractivity contribution is 0.0955. The molecule has 1 heterocycles. The lowest BCUT2D eigenvalue weighted by atomic mass is 10.2. The second-order valence-corrected chi connectivity index (χ2v) is 4.92. The first kappa shape index (κ1) is 14.8. The fourth-order valence-electron chi connectivity index (χ4n) is 1.82. The first-order valence-electron chi connectivity index (χ1n) is 6.75. The van der Waals surface area contributed by atoms with Crippen LogP contribution in [0.25, 0.3) is 0 Å². The Morgan fingerprint density at radius 2 is 2.19 bits per heavy atom. The van der Waals surface area contributed by atoms with Crippen molar-refractivity contribution >= 4 is 12.1 Å². The van der Waals surface area contributed by atoms with Crippen molar-refractivity contribution in [1.82, 2.24) is 9.99 Å². The van der Waals surface area contributed by atoms with E-state index in [1.54, 1.807) is 37.6 Å². The Labute approximate surface area is 124 Å². The molecule has 21 heavy (non-hydrogen) atoms. The van der Waals surface area contributed by atoms with Crippen LogP contribution in [-0.4, -0.2) is 23.8 Å². The van der Waals surface area contributed by atoms with Crippen molar-refractivity contribution in [2.24, 2.45) is 5.10 Å². The summed E-state index contributed by atoms with van der Waals surface area (Å²) in [5.41, 5.74) is 3.95. The Morgan fingerprint density at radius 3 is 2.86 bits per heavy atom. The van der Waals surface area contributed by atoms with E-state index in [1.165, 1.54) is 0 Å². The summed E-state index contributed by atoms with van der Waals surface area (Å²) in [6.45, 7) is 4.21. The maximum atomic E-state index is 11.9. The maximum Gasteiger partial charge on any atom is 0.271 e. The first-order valence-corrected chi connectivity index (χ1v) is 6.75. The summed E-state index contributed by atoms with van der Waals surface area (Å²) in [7, 11) is 1.56. The minimum atomic E-state index is -0.270. The van der Waals surface area contributed by atoms with Crippen molar-refractivity contribution in [1.29, 1.82) is 0 Å². The molecule has 5 nitrogen and oxygen atoms in total. The molecule has 110 valence electrons. The molecule has 5 heteroatoms. The summed E-state index contributed by atoms with van der Waals surface area (Å²) in [5, 5.41) is 3.97. The van der Waals surface area contributed by atoms with E-state index in [-0.39, 0.29) is 5.91 Å². The van der Waals surface area contributed by atoms with Gasteiger partial charge in [-0.25, -0.2) is 5.43 Å². The van der Waals surface area contributed by atoms with Crippen LogP contribution in [0.3, 0.4) is 0 Å². The van der Waals surface area contributed by atoms with E-state index >= 15 is 0 Å². The Balaban J connectivity index is 1.97. The molecule has 1 aromatic carbocycles. The van der Waals surface area contributed by atoms with Crippen molar-refractivity contribution in [3.63, 3.8) is 0 Å². The van der Waals surface area contributed by atoms with E-state index in [9.17, 15) is 4.79 Å². The molecule has 0 fully saturated rings. The zero-order valence-electron chi connectivity index (χ0n) is 12.4. The van der Waals surface area contributed by atoms with Crippen LogP contribution in [0, 0.1) is 0 Å². The van der Waals surface area contributed by atoms with Crippen molar-refractivity contribution in [2.75, 3.05) is 7.11 Å². The number of amides is 1. The second-order valence-electron chi connectivity index (χ2n) is 4.92. The number of hydrazone groups is 1. The van der Waals surface area contributed by atoms with Crippen LogP contribution in [0.4, 0.5) is 0 Å². The fraction of sp³-hybridized carbons (Fsp3) is 0.250. The number of hydrogen-bond acceptors (Lipinski definition) is 3. The molecule has 2 rings (SSSR count). The van der Waals surface area contributed by atoms with Crippen molar-refractivity contribution < 1.29 is 9.53 Å². The lowest BCUT2D eigenvalue weighted by Crippen LogP contribution is -2.17. The lowest BCUT2D eigenvalue weighted by Gasteiger charge is -2.04. The largest absolute Gasteiger partial charge is 0.497 e. The highest BCUT2D eigenvalue weighted by atomic mass is 16.5. The highest BCUT2D eigenvalue weighted by molar-refractivity contribution is 5.95. The molecule has 1 N–H and O–H groups in total. The Morgan fingerprint density at radius 1 is 1.38 bits per heavy atom. The standard InChI is InChI=1S/C16H19N3O2/c1-12(2)19-8-7-13(11-19)10-17-18-16(20)14-5-4-6-15(9-14)21-3/h4-12H,1-3H3,(H,18,20)/b17-10-. The molecule has 0 aliphatic rings. The van der Waals surface area contributed by atoms with Crippen LogP contribution in [0.5, 0.6) is 5.75 Å². The van der Waals surface area contributed by atoms with Gasteiger partial charge >= 0.3 is 0 Å². The van der Waals surface area contributed by atoms with Gasteiger partial charge in [0.1, 0.15) is 5.75 Å². The average Bonchev–Trinajstić information content (AvgIpc) is 2.96. The SMILES string of the molecule is COc1cccc(C(=O)N/N=C\c2ccn(C(C)C)c2)c1. The summed E-state index contributed by atoms with van der Waals surface area (Å²) in [4.78, 5) is 11.9. The smallest absolute Gasteiger partial charge is 0.271 e. The molecule has 0 radical (unpaired) electrons. The highest BCUT2D eigenvalue weighted by Crippen LogP contribution is 2.12. The number of benzene rings is 1. The number of nitrogens with zero attached hydrogens (tertiary/aromatic N) is 2. The quantitative estimate of drug-likeness (QED) is 0.678. The topological polar surface area (TPSA) is 55.6 Å². The molecule has 0 atom stereocenters. The number of ether oxygens (including phenoxy) is 1. The molecule has 0 spiro atoms. The van der Waals surface area contributed by atoms with Gasteiger partial charge in [0.05, 0.1) is 13.3 Å². The van der Waals surface area contributed by atoms with Crippen LogP contribution in [-0.2, 0) is 0 Å². The van der Waals surface area contributed by atoms with E-state index in [1.807, 2.05) is 18.5 Å². The number of carbonyl (C=O) groups excluding carboxylic acids is 1. The third-order valence-corrected chi connectivity index (χ3v) is 3.05. The van der Waals surface area contributed by atoms with Crippen LogP contribution >= 0.6 is 0 Å². The van der Waals surface area contributed by atoms with Crippen molar-refractivity contribution in [3.8, 4) is 5.75 Å². The zero-order chi connectivity index (χ0) is 15.2. The Bertz CT molecular complexity index is 644. The van der Waals surface area contributed by atoms with E-state index in [4.69, 9.17) is 4.74 Å². The number of aromatic nitrogens is 1.